The van der Waals surface area contributed by atoms with Crippen molar-refractivity contribution >= 4 is 28.2 Å². The Balaban J connectivity index is 2.27. The number of anilines is 1. The maximum atomic E-state index is 11.5. The summed E-state index contributed by atoms with van der Waals surface area (Å²) in [7, 11) is 0. The van der Waals surface area contributed by atoms with Crippen molar-refractivity contribution in [2.24, 2.45) is 0 Å². The molecule has 0 fully saturated rings. The van der Waals surface area contributed by atoms with Crippen LogP contribution >= 0.6 is 11.3 Å². The van der Waals surface area contributed by atoms with Crippen molar-refractivity contribution in [2.45, 2.75) is 33.7 Å². The molecule has 0 aromatic carbocycles. The van der Waals surface area contributed by atoms with Crippen molar-refractivity contribution in [1.82, 2.24) is 4.98 Å². The molecule has 2 heterocycles. The van der Waals surface area contributed by atoms with E-state index < -0.39 is 5.97 Å². The van der Waals surface area contributed by atoms with Crippen molar-refractivity contribution in [2.75, 3.05) is 5.32 Å². The molecule has 0 aliphatic carbocycles. The Labute approximate surface area is 125 Å². The van der Waals surface area contributed by atoms with Crippen LogP contribution in [0.1, 0.15) is 57.1 Å². The van der Waals surface area contributed by atoms with Gasteiger partial charge in [0.2, 0.25) is 0 Å². The number of aromatic carboxylic acids is 1. The maximum Gasteiger partial charge on any atom is 0.356 e. The quantitative estimate of drug-likeness (QED) is 0.822. The van der Waals surface area contributed by atoms with Crippen LogP contribution in [0.3, 0.4) is 0 Å². The van der Waals surface area contributed by atoms with Crippen LogP contribution in [-0.2, 0) is 0 Å². The number of thiazole rings is 1. The van der Waals surface area contributed by atoms with E-state index in [1.165, 1.54) is 6.92 Å². The van der Waals surface area contributed by atoms with Crippen LogP contribution < -0.4 is 5.32 Å². The van der Waals surface area contributed by atoms with E-state index in [4.69, 9.17) is 9.52 Å². The highest BCUT2D eigenvalue weighted by molar-refractivity contribution is 7.17. The Morgan fingerprint density at radius 3 is 2.52 bits per heavy atom. The zero-order valence-electron chi connectivity index (χ0n) is 12.2. The summed E-state index contributed by atoms with van der Waals surface area (Å²) < 4.78 is 5.47. The van der Waals surface area contributed by atoms with Gasteiger partial charge in [-0.25, -0.2) is 9.78 Å². The topological polar surface area (TPSA) is 92.4 Å². The molecule has 0 radical (unpaired) electrons. The van der Waals surface area contributed by atoms with Crippen LogP contribution in [-0.4, -0.2) is 21.8 Å². The molecule has 0 bridgehead atoms. The standard InChI is InChI=1S/C14H16N2O4S/c1-6-5-10(9(4)20-6)7(2)15-14-16-11(13(18)19)12(21-14)8(3)17/h5,7H,1-4H3,(H,15,16)(H,18,19). The lowest BCUT2D eigenvalue weighted by Crippen LogP contribution is -2.07. The van der Waals surface area contributed by atoms with Crippen LogP contribution in [0.4, 0.5) is 5.13 Å². The molecule has 7 heteroatoms. The van der Waals surface area contributed by atoms with E-state index >= 15 is 0 Å². The van der Waals surface area contributed by atoms with Crippen molar-refractivity contribution in [3.05, 3.63) is 33.7 Å². The number of furan rings is 1. The van der Waals surface area contributed by atoms with Gasteiger partial charge in [0.25, 0.3) is 0 Å². The van der Waals surface area contributed by atoms with Gasteiger partial charge in [0, 0.05) is 12.5 Å². The number of carboxylic acid groups (broad SMARTS) is 1. The summed E-state index contributed by atoms with van der Waals surface area (Å²) in [6, 6.07) is 1.82. The van der Waals surface area contributed by atoms with E-state index in [0.29, 0.717) is 5.13 Å². The predicted octanol–water partition coefficient (Wildman–Crippen LogP) is 3.43. The summed E-state index contributed by atoms with van der Waals surface area (Å²) in [6.45, 7) is 6.98. The van der Waals surface area contributed by atoms with Gasteiger partial charge in [-0.1, -0.05) is 11.3 Å². The second-order valence-electron chi connectivity index (χ2n) is 4.79. The molecule has 2 aromatic heterocycles. The zero-order valence-corrected chi connectivity index (χ0v) is 13.0. The van der Waals surface area contributed by atoms with Crippen LogP contribution in [0.2, 0.25) is 0 Å². The molecule has 0 aliphatic heterocycles. The van der Waals surface area contributed by atoms with Crippen LogP contribution in [0.15, 0.2) is 10.5 Å². The first-order valence-electron chi connectivity index (χ1n) is 6.38. The number of rotatable bonds is 5. The van der Waals surface area contributed by atoms with Crippen LogP contribution in [0, 0.1) is 13.8 Å². The van der Waals surface area contributed by atoms with Gasteiger partial charge in [0.1, 0.15) is 16.4 Å². The highest BCUT2D eigenvalue weighted by atomic mass is 32.1. The van der Waals surface area contributed by atoms with Gasteiger partial charge in [0.05, 0.1) is 6.04 Å². The van der Waals surface area contributed by atoms with Gasteiger partial charge in [-0.2, -0.15) is 0 Å². The molecule has 0 saturated heterocycles. The summed E-state index contributed by atoms with van der Waals surface area (Å²) in [6.07, 6.45) is 0. The normalized spacial score (nSPS) is 12.2. The van der Waals surface area contributed by atoms with Gasteiger partial charge in [-0.3, -0.25) is 4.79 Å². The third-order valence-electron chi connectivity index (χ3n) is 3.04. The zero-order chi connectivity index (χ0) is 15.7. The molecule has 2 rings (SSSR count). The van der Waals surface area contributed by atoms with E-state index in [-0.39, 0.29) is 22.4 Å². The average molecular weight is 308 g/mol. The number of carboxylic acids is 1. The third kappa shape index (κ3) is 3.13. The monoisotopic (exact) mass is 308 g/mol. The lowest BCUT2D eigenvalue weighted by molar-refractivity contribution is 0.0687. The smallest absolute Gasteiger partial charge is 0.356 e. The molecular formula is C14H16N2O4S. The first-order valence-corrected chi connectivity index (χ1v) is 7.19. The molecule has 2 N–H and O–H groups in total. The van der Waals surface area contributed by atoms with E-state index in [0.717, 1.165) is 28.4 Å². The fraction of sp³-hybridized carbons (Fsp3) is 0.357. The number of nitrogens with zero attached hydrogens (tertiary/aromatic N) is 1. The molecular weight excluding hydrogens is 292 g/mol. The van der Waals surface area contributed by atoms with Crippen LogP contribution in [0.5, 0.6) is 0 Å². The summed E-state index contributed by atoms with van der Waals surface area (Å²) in [5.74, 6) is 0.105. The molecule has 112 valence electrons. The summed E-state index contributed by atoms with van der Waals surface area (Å²) in [5.41, 5.74) is 0.770. The van der Waals surface area contributed by atoms with Gasteiger partial charge in [-0.05, 0) is 26.8 Å². The molecule has 0 saturated carbocycles. The summed E-state index contributed by atoms with van der Waals surface area (Å²) in [4.78, 5) is 26.7. The Morgan fingerprint density at radius 1 is 1.43 bits per heavy atom. The lowest BCUT2D eigenvalue weighted by atomic mass is 10.1. The largest absolute Gasteiger partial charge is 0.476 e. The van der Waals surface area contributed by atoms with Gasteiger partial charge >= 0.3 is 5.97 Å². The van der Waals surface area contributed by atoms with Crippen molar-refractivity contribution in [3.8, 4) is 0 Å². The number of hydrogen-bond acceptors (Lipinski definition) is 6. The number of Topliss-reactive ketones (excluding diaryl/α,β-unsaturated/α-hetero) is 1. The predicted molar refractivity (Wildman–Crippen MR) is 79.3 cm³/mol. The van der Waals surface area contributed by atoms with E-state index in [1.807, 2.05) is 26.8 Å². The number of carbonyl (C=O) groups is 2. The molecule has 2 aromatic rings. The van der Waals surface area contributed by atoms with Crippen LogP contribution in [0.25, 0.3) is 0 Å². The minimum Gasteiger partial charge on any atom is -0.476 e. The van der Waals surface area contributed by atoms with E-state index in [2.05, 4.69) is 10.3 Å². The van der Waals surface area contributed by atoms with Gasteiger partial charge < -0.3 is 14.8 Å². The minimum atomic E-state index is -1.20. The average Bonchev–Trinajstić information content (AvgIpc) is 2.93. The number of carbonyl (C=O) groups excluding carboxylic acids is 1. The molecule has 0 spiro atoms. The maximum absolute atomic E-state index is 11.5. The van der Waals surface area contributed by atoms with Crippen molar-refractivity contribution < 1.29 is 19.1 Å². The van der Waals surface area contributed by atoms with Gasteiger partial charge in [0.15, 0.2) is 16.6 Å². The highest BCUT2D eigenvalue weighted by Gasteiger charge is 2.22. The fourth-order valence-corrected chi connectivity index (χ4v) is 3.05. The second-order valence-corrected chi connectivity index (χ2v) is 5.79. The van der Waals surface area contributed by atoms with E-state index in [1.54, 1.807) is 0 Å². The fourth-order valence-electron chi connectivity index (χ4n) is 2.11. The van der Waals surface area contributed by atoms with Crippen molar-refractivity contribution in [1.29, 1.82) is 0 Å². The molecule has 0 amide bonds. The Bertz CT molecular complexity index is 670. The summed E-state index contributed by atoms with van der Waals surface area (Å²) >= 11 is 1.05. The number of aromatic nitrogens is 1. The third-order valence-corrected chi connectivity index (χ3v) is 4.12. The first kappa shape index (κ1) is 15.2. The molecule has 1 unspecified atom stereocenters. The first-order chi connectivity index (χ1) is 9.79. The number of hydrogen-bond donors (Lipinski definition) is 2. The number of ketones is 1. The molecule has 21 heavy (non-hydrogen) atoms. The molecule has 6 nitrogen and oxygen atoms in total. The number of nitrogens with one attached hydrogen (secondary N) is 1. The van der Waals surface area contributed by atoms with Crippen molar-refractivity contribution in [3.63, 3.8) is 0 Å². The van der Waals surface area contributed by atoms with E-state index in [9.17, 15) is 9.59 Å². The molecule has 1 atom stereocenters. The number of aryl methyl sites for hydroxylation is 2. The van der Waals surface area contributed by atoms with Gasteiger partial charge in [-0.15, -0.1) is 0 Å². The molecule has 0 aliphatic rings. The Morgan fingerprint density at radius 2 is 2.10 bits per heavy atom. The lowest BCUT2D eigenvalue weighted by Gasteiger charge is -2.11. The Kier molecular flexibility index (Phi) is 4.13. The summed E-state index contributed by atoms with van der Waals surface area (Å²) in [5, 5.41) is 12.6. The highest BCUT2D eigenvalue weighted by Crippen LogP contribution is 2.29. The second kappa shape index (κ2) is 5.69. The SMILES string of the molecule is CC(=O)c1sc(NC(C)c2cc(C)oc2C)nc1C(=O)O. The Hall–Kier alpha value is -2.15. The minimum absolute atomic E-state index is 0.102.